The van der Waals surface area contributed by atoms with Gasteiger partial charge in [-0.25, -0.2) is 0 Å². The van der Waals surface area contributed by atoms with E-state index < -0.39 is 0 Å². The van der Waals surface area contributed by atoms with Crippen molar-refractivity contribution in [2.75, 3.05) is 0 Å². The lowest BCUT2D eigenvalue weighted by molar-refractivity contribution is 0.660. The van der Waals surface area contributed by atoms with Gasteiger partial charge in [-0.2, -0.15) is 0 Å². The maximum absolute atomic E-state index is 2.36. The SMILES string of the molecule is C/C=C/c1ccc2c(c1)C(C)(C)c1cc(/C=C/c3ccc(-c4ccc(C)cc4)cc3)ccc1-2. The highest BCUT2D eigenvalue weighted by atomic mass is 14.4. The minimum atomic E-state index is 0.00178. The summed E-state index contributed by atoms with van der Waals surface area (Å²) in [5, 5.41) is 0. The van der Waals surface area contributed by atoms with Crippen LogP contribution in [0.4, 0.5) is 0 Å². The van der Waals surface area contributed by atoms with Crippen LogP contribution in [0.15, 0.2) is 91.0 Å². The van der Waals surface area contributed by atoms with Gasteiger partial charge in [-0.15, -0.1) is 0 Å². The van der Waals surface area contributed by atoms with E-state index in [-0.39, 0.29) is 5.41 Å². The van der Waals surface area contributed by atoms with Crippen LogP contribution >= 0.6 is 0 Å². The van der Waals surface area contributed by atoms with Gasteiger partial charge < -0.3 is 0 Å². The Morgan fingerprint density at radius 1 is 0.545 bits per heavy atom. The van der Waals surface area contributed by atoms with E-state index in [4.69, 9.17) is 0 Å². The number of allylic oxidation sites excluding steroid dienone is 1. The van der Waals surface area contributed by atoms with Gasteiger partial charge in [-0.3, -0.25) is 0 Å². The molecule has 0 saturated heterocycles. The summed E-state index contributed by atoms with van der Waals surface area (Å²) in [6.45, 7) is 8.88. The zero-order valence-electron chi connectivity index (χ0n) is 19.9. The molecule has 0 bridgehead atoms. The van der Waals surface area contributed by atoms with Crippen LogP contribution in [0.1, 0.15) is 54.2 Å². The molecule has 0 aliphatic heterocycles. The molecule has 0 nitrogen and oxygen atoms in total. The molecule has 0 aromatic heterocycles. The predicted octanol–water partition coefficient (Wildman–Crippen LogP) is 9.17. The second-order valence-corrected chi connectivity index (χ2v) is 9.56. The fourth-order valence-corrected chi connectivity index (χ4v) is 4.90. The van der Waals surface area contributed by atoms with Gasteiger partial charge in [0, 0.05) is 5.41 Å². The van der Waals surface area contributed by atoms with E-state index >= 15 is 0 Å². The zero-order chi connectivity index (χ0) is 23.0. The molecule has 0 amide bonds. The lowest BCUT2D eigenvalue weighted by Gasteiger charge is -2.22. The van der Waals surface area contributed by atoms with Crippen LogP contribution in [-0.4, -0.2) is 0 Å². The van der Waals surface area contributed by atoms with Crippen LogP contribution < -0.4 is 0 Å². The quantitative estimate of drug-likeness (QED) is 0.285. The highest BCUT2D eigenvalue weighted by Crippen LogP contribution is 2.49. The van der Waals surface area contributed by atoms with Crippen molar-refractivity contribution in [2.24, 2.45) is 0 Å². The first-order valence-electron chi connectivity index (χ1n) is 11.7. The number of rotatable bonds is 4. The van der Waals surface area contributed by atoms with Gasteiger partial charge in [-0.1, -0.05) is 129 Å². The highest BCUT2D eigenvalue weighted by molar-refractivity contribution is 5.84. The van der Waals surface area contributed by atoms with Gasteiger partial charge in [0.1, 0.15) is 0 Å². The smallest absolute Gasteiger partial charge is 0.0159 e. The van der Waals surface area contributed by atoms with Crippen LogP contribution in [0, 0.1) is 6.92 Å². The average molecular weight is 427 g/mol. The maximum atomic E-state index is 2.36. The molecular weight excluding hydrogens is 396 g/mol. The van der Waals surface area contributed by atoms with Crippen molar-refractivity contribution in [2.45, 2.75) is 33.1 Å². The molecule has 162 valence electrons. The molecule has 0 atom stereocenters. The molecule has 4 aromatic carbocycles. The van der Waals surface area contributed by atoms with E-state index in [9.17, 15) is 0 Å². The van der Waals surface area contributed by atoms with Crippen molar-refractivity contribution >= 4 is 18.2 Å². The first kappa shape index (κ1) is 21.2. The van der Waals surface area contributed by atoms with Crippen molar-refractivity contribution in [3.05, 3.63) is 124 Å². The molecule has 0 radical (unpaired) electrons. The Balaban J connectivity index is 1.41. The van der Waals surface area contributed by atoms with Gasteiger partial charge in [0.2, 0.25) is 0 Å². The summed E-state index contributed by atoms with van der Waals surface area (Å²) in [4.78, 5) is 0. The van der Waals surface area contributed by atoms with Crippen LogP contribution in [0.5, 0.6) is 0 Å². The molecule has 0 spiro atoms. The molecule has 1 aliphatic rings. The molecule has 0 N–H and O–H groups in total. The van der Waals surface area contributed by atoms with Crippen molar-refractivity contribution in [3.63, 3.8) is 0 Å². The second kappa shape index (κ2) is 8.37. The van der Waals surface area contributed by atoms with E-state index in [1.807, 2.05) is 0 Å². The Bertz CT molecular complexity index is 1360. The Hall–Kier alpha value is -3.64. The first-order chi connectivity index (χ1) is 16.0. The molecule has 0 heteroatoms. The monoisotopic (exact) mass is 426 g/mol. The van der Waals surface area contributed by atoms with Crippen LogP contribution in [-0.2, 0) is 5.41 Å². The third-order valence-electron chi connectivity index (χ3n) is 6.85. The molecule has 33 heavy (non-hydrogen) atoms. The molecule has 1 aliphatic carbocycles. The van der Waals surface area contributed by atoms with E-state index in [0.717, 1.165) is 0 Å². The third kappa shape index (κ3) is 3.98. The number of hydrogen-bond acceptors (Lipinski definition) is 0. The van der Waals surface area contributed by atoms with Crippen molar-refractivity contribution in [3.8, 4) is 22.3 Å². The summed E-state index contributed by atoms with van der Waals surface area (Å²) >= 11 is 0. The Labute approximate surface area is 198 Å². The van der Waals surface area contributed by atoms with Crippen LogP contribution in [0.3, 0.4) is 0 Å². The van der Waals surface area contributed by atoms with Crippen molar-refractivity contribution in [1.82, 2.24) is 0 Å². The second-order valence-electron chi connectivity index (χ2n) is 9.56. The summed E-state index contributed by atoms with van der Waals surface area (Å²) in [5.41, 5.74) is 13.1. The predicted molar refractivity (Wildman–Crippen MR) is 144 cm³/mol. The van der Waals surface area contributed by atoms with Crippen LogP contribution in [0.25, 0.3) is 40.5 Å². The molecular formula is C33H30. The number of hydrogen-bond donors (Lipinski definition) is 0. The Morgan fingerprint density at radius 3 is 1.55 bits per heavy atom. The number of benzene rings is 4. The summed E-state index contributed by atoms with van der Waals surface area (Å²) < 4.78 is 0. The van der Waals surface area contributed by atoms with Crippen molar-refractivity contribution in [1.29, 1.82) is 0 Å². The molecule has 4 aromatic rings. The lowest BCUT2D eigenvalue weighted by Crippen LogP contribution is -2.15. The molecule has 0 heterocycles. The summed E-state index contributed by atoms with van der Waals surface area (Å²) in [6.07, 6.45) is 8.72. The minimum Gasteiger partial charge on any atom is -0.0871 e. The summed E-state index contributed by atoms with van der Waals surface area (Å²) in [7, 11) is 0. The van der Waals surface area contributed by atoms with E-state index in [0.29, 0.717) is 0 Å². The topological polar surface area (TPSA) is 0 Å². The molecule has 0 saturated carbocycles. The summed E-state index contributed by atoms with van der Waals surface area (Å²) in [6, 6.07) is 31.2. The molecule has 5 rings (SSSR count). The van der Waals surface area contributed by atoms with Gasteiger partial charge in [0.05, 0.1) is 0 Å². The van der Waals surface area contributed by atoms with Gasteiger partial charge in [-0.05, 0) is 63.9 Å². The number of aryl methyl sites for hydroxylation is 1. The van der Waals surface area contributed by atoms with Crippen molar-refractivity contribution < 1.29 is 0 Å². The van der Waals surface area contributed by atoms with Gasteiger partial charge in [0.15, 0.2) is 0 Å². The number of fused-ring (bicyclic) bond motifs is 3. The van der Waals surface area contributed by atoms with Gasteiger partial charge >= 0.3 is 0 Å². The molecule has 0 unspecified atom stereocenters. The molecule has 0 fully saturated rings. The minimum absolute atomic E-state index is 0.00178. The van der Waals surface area contributed by atoms with Crippen LogP contribution in [0.2, 0.25) is 0 Å². The zero-order valence-corrected chi connectivity index (χ0v) is 19.9. The third-order valence-corrected chi connectivity index (χ3v) is 6.85. The van der Waals surface area contributed by atoms with E-state index in [1.54, 1.807) is 0 Å². The van der Waals surface area contributed by atoms with Gasteiger partial charge in [0.25, 0.3) is 0 Å². The largest absolute Gasteiger partial charge is 0.0871 e. The van der Waals surface area contributed by atoms with E-state index in [1.165, 1.54) is 55.6 Å². The lowest BCUT2D eigenvalue weighted by atomic mass is 9.81. The Morgan fingerprint density at radius 2 is 1.00 bits per heavy atom. The highest BCUT2D eigenvalue weighted by Gasteiger charge is 2.35. The average Bonchev–Trinajstić information content (AvgIpc) is 3.05. The fourth-order valence-electron chi connectivity index (χ4n) is 4.90. The fraction of sp³-hybridized carbons (Fsp3) is 0.152. The summed E-state index contributed by atoms with van der Waals surface area (Å²) in [5.74, 6) is 0. The standard InChI is InChI=1S/C33H30/c1-5-6-25-13-19-29-30-20-14-26(22-32(30)33(3,4)31(29)21-25)10-9-24-11-17-28(18-12-24)27-15-7-23(2)8-16-27/h5-22H,1-4H3/b6-5+,10-9+. The van der Waals surface area contributed by atoms with E-state index in [2.05, 4.69) is 137 Å². The maximum Gasteiger partial charge on any atom is 0.0159 e. The normalized spacial score (nSPS) is 14.1. The first-order valence-corrected chi connectivity index (χ1v) is 11.7. The Kier molecular flexibility index (Phi) is 5.38.